The van der Waals surface area contributed by atoms with Crippen molar-refractivity contribution in [1.29, 1.82) is 0 Å². The summed E-state index contributed by atoms with van der Waals surface area (Å²) in [5.74, 6) is 1.02. The molecule has 0 saturated carbocycles. The minimum Gasteiger partial charge on any atom is -1.00 e. The molecule has 0 unspecified atom stereocenters. The van der Waals surface area contributed by atoms with Crippen LogP contribution in [0.3, 0.4) is 0 Å². The van der Waals surface area contributed by atoms with Crippen LogP contribution in [0.25, 0.3) is 0 Å². The van der Waals surface area contributed by atoms with Crippen molar-refractivity contribution in [2.24, 2.45) is 5.73 Å². The Morgan fingerprint density at radius 3 is 3.00 bits per heavy atom. The Hall–Kier alpha value is -0.0400. The summed E-state index contributed by atoms with van der Waals surface area (Å²) in [6.45, 7) is 3.61. The lowest BCUT2D eigenvalue weighted by Crippen LogP contribution is -3.00. The van der Waals surface area contributed by atoms with Crippen molar-refractivity contribution >= 4 is 5.96 Å². The van der Waals surface area contributed by atoms with E-state index in [0.717, 1.165) is 25.6 Å². The molecule has 1 aliphatic heterocycles. The normalized spacial score (nSPS) is 15.9. The largest absolute Gasteiger partial charge is 1.00 e. The number of rotatable bonds is 2. The van der Waals surface area contributed by atoms with Gasteiger partial charge in [0.25, 0.3) is 0 Å². The molecule has 4 nitrogen and oxygen atoms in total. The van der Waals surface area contributed by atoms with Crippen molar-refractivity contribution in [1.82, 2.24) is 10.6 Å². The number of nitrogens with one attached hydrogen (secondary N) is 3. The smallest absolute Gasteiger partial charge is 0.343 e. The maximum atomic E-state index is 5.31. The Bertz CT molecular complexity index is 126. The second-order valence-electron chi connectivity index (χ2n) is 2.30. The molecule has 1 aliphatic rings. The van der Waals surface area contributed by atoms with Gasteiger partial charge in [-0.25, -0.2) is 0 Å². The van der Waals surface area contributed by atoms with Crippen LogP contribution in [0.5, 0.6) is 0 Å². The first kappa shape index (κ1) is 11.0. The quantitative estimate of drug-likeness (QED) is 0.378. The summed E-state index contributed by atoms with van der Waals surface area (Å²) in [4.78, 5) is 3.19. The number of hydrogen-bond acceptors (Lipinski definition) is 3. The maximum absolute atomic E-state index is 5.31. The Kier molecular flexibility index (Phi) is 6.63. The predicted molar refractivity (Wildman–Crippen MR) is 40.5 cm³/mol. The van der Waals surface area contributed by atoms with Crippen LogP contribution in [-0.4, -0.2) is 32.1 Å². The van der Waals surface area contributed by atoms with Gasteiger partial charge in [0.1, 0.15) is 0 Å². The van der Waals surface area contributed by atoms with E-state index in [-0.39, 0.29) is 24.0 Å². The Balaban J connectivity index is 0.000001000. The summed E-state index contributed by atoms with van der Waals surface area (Å²) in [6, 6.07) is 0. The number of halogens is 1. The highest BCUT2D eigenvalue weighted by Gasteiger charge is 2.07. The van der Waals surface area contributed by atoms with Crippen LogP contribution < -0.4 is 45.3 Å². The second kappa shape index (κ2) is 6.66. The molecule has 66 valence electrons. The molecule has 0 aromatic rings. The SMILES string of the molecule is NCCNC1=[NH+]CCCN1.[I-]. The van der Waals surface area contributed by atoms with Crippen molar-refractivity contribution in [3.63, 3.8) is 0 Å². The van der Waals surface area contributed by atoms with Crippen LogP contribution >= 0.6 is 0 Å². The van der Waals surface area contributed by atoms with E-state index >= 15 is 0 Å². The third-order valence-electron chi connectivity index (χ3n) is 1.40. The first-order valence-corrected chi connectivity index (χ1v) is 3.72. The van der Waals surface area contributed by atoms with Crippen LogP contribution in [0.2, 0.25) is 0 Å². The Morgan fingerprint density at radius 2 is 2.45 bits per heavy atom. The van der Waals surface area contributed by atoms with Gasteiger partial charge in [0.2, 0.25) is 0 Å². The molecule has 0 saturated heterocycles. The molecule has 0 radical (unpaired) electrons. The highest BCUT2D eigenvalue weighted by Crippen LogP contribution is 1.69. The van der Waals surface area contributed by atoms with Crippen molar-refractivity contribution in [2.75, 3.05) is 26.2 Å². The van der Waals surface area contributed by atoms with Gasteiger partial charge < -0.3 is 29.7 Å². The van der Waals surface area contributed by atoms with E-state index in [1.54, 1.807) is 0 Å². The standard InChI is InChI=1S/C6H14N4.HI/c7-2-5-10-6-8-3-1-4-9-6;/h1-5,7H2,(H2,8,9,10);1H. The van der Waals surface area contributed by atoms with E-state index < -0.39 is 0 Å². The summed E-state index contributed by atoms with van der Waals surface area (Å²) in [6.07, 6.45) is 1.19. The van der Waals surface area contributed by atoms with E-state index in [1.165, 1.54) is 6.42 Å². The molecule has 0 bridgehead atoms. The molecule has 0 atom stereocenters. The zero-order chi connectivity index (χ0) is 7.23. The molecule has 0 spiro atoms. The molecular weight excluding hydrogens is 255 g/mol. The lowest BCUT2D eigenvalue weighted by atomic mass is 10.4. The average molecular weight is 270 g/mol. The van der Waals surface area contributed by atoms with Crippen LogP contribution in [0, 0.1) is 0 Å². The second-order valence-corrected chi connectivity index (χ2v) is 2.30. The number of hydrogen-bond donors (Lipinski definition) is 4. The molecule has 5 heteroatoms. The van der Waals surface area contributed by atoms with Gasteiger partial charge in [-0.1, -0.05) is 0 Å². The van der Waals surface area contributed by atoms with E-state index in [4.69, 9.17) is 5.73 Å². The van der Waals surface area contributed by atoms with E-state index in [1.807, 2.05) is 0 Å². The van der Waals surface area contributed by atoms with Crippen molar-refractivity contribution < 1.29 is 29.0 Å². The van der Waals surface area contributed by atoms with Gasteiger partial charge in [0.05, 0.1) is 19.6 Å². The van der Waals surface area contributed by atoms with Gasteiger partial charge in [-0.15, -0.1) is 0 Å². The van der Waals surface area contributed by atoms with Crippen molar-refractivity contribution in [3.8, 4) is 0 Å². The molecule has 1 rings (SSSR count). The fraction of sp³-hybridized carbons (Fsp3) is 0.833. The van der Waals surface area contributed by atoms with E-state index in [2.05, 4.69) is 15.6 Å². The fourth-order valence-electron chi connectivity index (χ4n) is 0.900. The summed E-state index contributed by atoms with van der Waals surface area (Å²) >= 11 is 0. The van der Waals surface area contributed by atoms with Crippen molar-refractivity contribution in [3.05, 3.63) is 0 Å². The highest BCUT2D eigenvalue weighted by atomic mass is 127. The average Bonchev–Trinajstić information content (AvgIpc) is 2.03. The summed E-state index contributed by atoms with van der Waals surface area (Å²) in [7, 11) is 0. The van der Waals surface area contributed by atoms with Crippen LogP contribution in [0.15, 0.2) is 0 Å². The first-order chi connectivity index (χ1) is 4.93. The fourth-order valence-corrected chi connectivity index (χ4v) is 0.900. The van der Waals surface area contributed by atoms with Gasteiger partial charge in [-0.05, 0) is 0 Å². The molecule has 0 amide bonds. The summed E-state index contributed by atoms with van der Waals surface area (Å²) < 4.78 is 0. The molecule has 5 N–H and O–H groups in total. The van der Waals surface area contributed by atoms with Crippen LogP contribution in [0.1, 0.15) is 6.42 Å². The summed E-state index contributed by atoms with van der Waals surface area (Å²) in [5.41, 5.74) is 5.31. The Labute approximate surface area is 84.0 Å². The third-order valence-corrected chi connectivity index (χ3v) is 1.40. The lowest BCUT2D eigenvalue weighted by Gasteiger charge is -2.08. The van der Waals surface area contributed by atoms with Gasteiger partial charge >= 0.3 is 5.96 Å². The zero-order valence-corrected chi connectivity index (χ0v) is 8.65. The lowest BCUT2D eigenvalue weighted by molar-refractivity contribution is -0.466. The predicted octanol–water partition coefficient (Wildman–Crippen LogP) is -6.03. The molecular formula is C6H15IN4. The minimum atomic E-state index is 0. The molecule has 0 fully saturated rings. The van der Waals surface area contributed by atoms with E-state index in [9.17, 15) is 0 Å². The number of guanidine groups is 1. The molecule has 0 aliphatic carbocycles. The minimum absolute atomic E-state index is 0. The topological polar surface area (TPSA) is 64.0 Å². The highest BCUT2D eigenvalue weighted by molar-refractivity contribution is 5.73. The zero-order valence-electron chi connectivity index (χ0n) is 6.49. The molecule has 11 heavy (non-hydrogen) atoms. The van der Waals surface area contributed by atoms with Crippen LogP contribution in [0.4, 0.5) is 0 Å². The Morgan fingerprint density at radius 1 is 1.64 bits per heavy atom. The maximum Gasteiger partial charge on any atom is 0.343 e. The van der Waals surface area contributed by atoms with E-state index in [0.29, 0.717) is 6.54 Å². The van der Waals surface area contributed by atoms with Crippen LogP contribution in [-0.2, 0) is 0 Å². The molecule has 0 aromatic carbocycles. The monoisotopic (exact) mass is 270 g/mol. The third kappa shape index (κ3) is 4.41. The first-order valence-electron chi connectivity index (χ1n) is 3.72. The van der Waals surface area contributed by atoms with Gasteiger partial charge in [0, 0.05) is 13.0 Å². The molecule has 0 aromatic heterocycles. The van der Waals surface area contributed by atoms with Crippen molar-refractivity contribution in [2.45, 2.75) is 6.42 Å². The number of nitrogens with two attached hydrogens (primary N) is 1. The van der Waals surface area contributed by atoms with Gasteiger partial charge in [-0.3, -0.25) is 15.6 Å². The summed E-state index contributed by atoms with van der Waals surface area (Å²) in [5, 5.41) is 6.33. The van der Waals surface area contributed by atoms with Gasteiger partial charge in [-0.2, -0.15) is 0 Å². The van der Waals surface area contributed by atoms with Gasteiger partial charge in [0.15, 0.2) is 0 Å². The molecule has 1 heterocycles.